The SMILES string of the molecule is CCCCOCC(=O)NCC1CCOc2ccccc21. The van der Waals surface area contributed by atoms with Crippen molar-refractivity contribution in [1.82, 2.24) is 5.32 Å². The third kappa shape index (κ3) is 4.23. The zero-order chi connectivity index (χ0) is 14.2. The summed E-state index contributed by atoms with van der Waals surface area (Å²) in [5.41, 5.74) is 1.19. The first-order valence-corrected chi connectivity index (χ1v) is 7.37. The summed E-state index contributed by atoms with van der Waals surface area (Å²) in [7, 11) is 0. The van der Waals surface area contributed by atoms with Gasteiger partial charge in [-0.2, -0.15) is 0 Å². The Labute approximate surface area is 120 Å². The van der Waals surface area contributed by atoms with Crippen molar-refractivity contribution in [3.05, 3.63) is 29.8 Å². The number of nitrogens with one attached hydrogen (secondary N) is 1. The molecule has 0 bridgehead atoms. The Morgan fingerprint density at radius 2 is 2.30 bits per heavy atom. The van der Waals surface area contributed by atoms with E-state index in [4.69, 9.17) is 9.47 Å². The highest BCUT2D eigenvalue weighted by molar-refractivity contribution is 5.77. The largest absolute Gasteiger partial charge is 0.493 e. The van der Waals surface area contributed by atoms with Crippen molar-refractivity contribution in [3.8, 4) is 5.75 Å². The van der Waals surface area contributed by atoms with Crippen LogP contribution in [0.15, 0.2) is 24.3 Å². The van der Waals surface area contributed by atoms with Gasteiger partial charge in [0.25, 0.3) is 0 Å². The standard InChI is InChI=1S/C16H23NO3/c1-2-3-9-19-12-16(18)17-11-13-8-10-20-15-7-5-4-6-14(13)15/h4-7,13H,2-3,8-12H2,1H3,(H,17,18). The molecular weight excluding hydrogens is 254 g/mol. The van der Waals surface area contributed by atoms with Crippen molar-refractivity contribution < 1.29 is 14.3 Å². The van der Waals surface area contributed by atoms with Crippen molar-refractivity contribution in [2.24, 2.45) is 0 Å². The number of benzene rings is 1. The van der Waals surface area contributed by atoms with Crippen molar-refractivity contribution in [2.45, 2.75) is 32.1 Å². The molecule has 4 heteroatoms. The first-order chi connectivity index (χ1) is 9.81. The number of para-hydroxylation sites is 1. The predicted molar refractivity (Wildman–Crippen MR) is 78.0 cm³/mol. The molecular formula is C16H23NO3. The molecule has 0 radical (unpaired) electrons. The van der Waals surface area contributed by atoms with E-state index in [1.165, 1.54) is 5.56 Å². The molecule has 2 rings (SSSR count). The molecule has 4 nitrogen and oxygen atoms in total. The van der Waals surface area contributed by atoms with Gasteiger partial charge >= 0.3 is 0 Å². The van der Waals surface area contributed by atoms with Gasteiger partial charge in [-0.1, -0.05) is 31.5 Å². The number of unbranched alkanes of at least 4 members (excludes halogenated alkanes) is 1. The second-order valence-electron chi connectivity index (χ2n) is 5.08. The van der Waals surface area contributed by atoms with Gasteiger partial charge in [-0.25, -0.2) is 0 Å². The number of carbonyl (C=O) groups excluding carboxylic acids is 1. The van der Waals surface area contributed by atoms with Crippen LogP contribution in [0.2, 0.25) is 0 Å². The molecule has 0 saturated carbocycles. The van der Waals surface area contributed by atoms with Gasteiger partial charge in [0.05, 0.1) is 6.61 Å². The van der Waals surface area contributed by atoms with Crippen LogP contribution in [0, 0.1) is 0 Å². The average molecular weight is 277 g/mol. The summed E-state index contributed by atoms with van der Waals surface area (Å²) < 4.78 is 10.9. The number of rotatable bonds is 7. The van der Waals surface area contributed by atoms with E-state index in [1.807, 2.05) is 18.2 Å². The van der Waals surface area contributed by atoms with E-state index in [0.29, 0.717) is 25.7 Å². The summed E-state index contributed by atoms with van der Waals surface area (Å²) in [5, 5.41) is 2.95. The lowest BCUT2D eigenvalue weighted by Gasteiger charge is -2.26. The van der Waals surface area contributed by atoms with Gasteiger partial charge in [-0.3, -0.25) is 4.79 Å². The Balaban J connectivity index is 1.76. The number of hydrogen-bond donors (Lipinski definition) is 1. The van der Waals surface area contributed by atoms with Crippen LogP contribution in [0.3, 0.4) is 0 Å². The number of hydrogen-bond acceptors (Lipinski definition) is 3. The maximum absolute atomic E-state index is 11.7. The summed E-state index contributed by atoms with van der Waals surface area (Å²) in [5.74, 6) is 1.24. The van der Waals surface area contributed by atoms with Crippen LogP contribution < -0.4 is 10.1 Å². The Bertz CT molecular complexity index is 433. The Hall–Kier alpha value is -1.55. The highest BCUT2D eigenvalue weighted by atomic mass is 16.5. The van der Waals surface area contributed by atoms with Crippen molar-refractivity contribution >= 4 is 5.91 Å². The lowest BCUT2D eigenvalue weighted by atomic mass is 9.93. The highest BCUT2D eigenvalue weighted by Gasteiger charge is 2.21. The van der Waals surface area contributed by atoms with E-state index < -0.39 is 0 Å². The fourth-order valence-corrected chi connectivity index (χ4v) is 2.33. The summed E-state index contributed by atoms with van der Waals surface area (Å²) in [4.78, 5) is 11.7. The molecule has 0 fully saturated rings. The molecule has 0 spiro atoms. The third-order valence-electron chi connectivity index (χ3n) is 3.50. The minimum atomic E-state index is -0.0370. The van der Waals surface area contributed by atoms with E-state index in [-0.39, 0.29) is 12.5 Å². The maximum Gasteiger partial charge on any atom is 0.246 e. The van der Waals surface area contributed by atoms with E-state index in [1.54, 1.807) is 0 Å². The highest BCUT2D eigenvalue weighted by Crippen LogP contribution is 2.32. The van der Waals surface area contributed by atoms with E-state index in [0.717, 1.165) is 25.0 Å². The molecule has 1 aromatic carbocycles. The van der Waals surface area contributed by atoms with Crippen LogP contribution in [-0.4, -0.2) is 32.3 Å². The van der Waals surface area contributed by atoms with Gasteiger partial charge in [-0.05, 0) is 24.5 Å². The molecule has 1 heterocycles. The molecule has 20 heavy (non-hydrogen) atoms. The molecule has 0 saturated heterocycles. The maximum atomic E-state index is 11.7. The van der Waals surface area contributed by atoms with Crippen LogP contribution in [0.4, 0.5) is 0 Å². The fourth-order valence-electron chi connectivity index (χ4n) is 2.33. The summed E-state index contributed by atoms with van der Waals surface area (Å²) >= 11 is 0. The minimum Gasteiger partial charge on any atom is -0.493 e. The molecule has 1 unspecified atom stereocenters. The smallest absolute Gasteiger partial charge is 0.246 e. The van der Waals surface area contributed by atoms with Gasteiger partial charge in [0.15, 0.2) is 0 Å². The molecule has 1 aromatic rings. The molecule has 1 N–H and O–H groups in total. The number of ether oxygens (including phenoxy) is 2. The Morgan fingerprint density at radius 3 is 3.15 bits per heavy atom. The zero-order valence-corrected chi connectivity index (χ0v) is 12.1. The topological polar surface area (TPSA) is 47.6 Å². The van der Waals surface area contributed by atoms with Crippen molar-refractivity contribution in [3.63, 3.8) is 0 Å². The second kappa shape index (κ2) is 7.90. The number of fused-ring (bicyclic) bond motifs is 1. The molecule has 1 amide bonds. The average Bonchev–Trinajstić information content (AvgIpc) is 2.49. The lowest BCUT2D eigenvalue weighted by molar-refractivity contribution is -0.125. The fraction of sp³-hybridized carbons (Fsp3) is 0.562. The van der Waals surface area contributed by atoms with Gasteiger partial charge < -0.3 is 14.8 Å². The van der Waals surface area contributed by atoms with Gasteiger partial charge in [0, 0.05) is 19.1 Å². The monoisotopic (exact) mass is 277 g/mol. The number of carbonyl (C=O) groups is 1. The molecule has 1 aliphatic heterocycles. The van der Waals surface area contributed by atoms with Gasteiger partial charge in [0.1, 0.15) is 12.4 Å². The summed E-state index contributed by atoms with van der Waals surface area (Å²) in [6, 6.07) is 8.04. The van der Waals surface area contributed by atoms with Crippen LogP contribution in [0.1, 0.15) is 37.7 Å². The van der Waals surface area contributed by atoms with Crippen LogP contribution in [0.5, 0.6) is 5.75 Å². The van der Waals surface area contributed by atoms with Gasteiger partial charge in [0.2, 0.25) is 5.91 Å². The van der Waals surface area contributed by atoms with E-state index in [9.17, 15) is 4.79 Å². The van der Waals surface area contributed by atoms with Gasteiger partial charge in [-0.15, -0.1) is 0 Å². The van der Waals surface area contributed by atoms with E-state index >= 15 is 0 Å². The molecule has 1 aliphatic rings. The molecule has 0 aliphatic carbocycles. The normalized spacial score (nSPS) is 17.1. The number of amides is 1. The molecule has 1 atom stereocenters. The van der Waals surface area contributed by atoms with Crippen molar-refractivity contribution in [1.29, 1.82) is 0 Å². The van der Waals surface area contributed by atoms with Crippen molar-refractivity contribution in [2.75, 3.05) is 26.4 Å². The Kier molecular flexibility index (Phi) is 5.87. The first-order valence-electron chi connectivity index (χ1n) is 7.37. The quantitative estimate of drug-likeness (QED) is 0.779. The molecule has 110 valence electrons. The first kappa shape index (κ1) is 14.9. The zero-order valence-electron chi connectivity index (χ0n) is 12.1. The lowest BCUT2D eigenvalue weighted by Crippen LogP contribution is -2.33. The third-order valence-corrected chi connectivity index (χ3v) is 3.50. The van der Waals surface area contributed by atoms with Crippen LogP contribution in [0.25, 0.3) is 0 Å². The van der Waals surface area contributed by atoms with Crippen LogP contribution >= 0.6 is 0 Å². The minimum absolute atomic E-state index is 0.0370. The summed E-state index contributed by atoms with van der Waals surface area (Å²) in [6.07, 6.45) is 3.02. The van der Waals surface area contributed by atoms with Crippen LogP contribution in [-0.2, 0) is 9.53 Å². The predicted octanol–water partition coefficient (Wildman–Crippen LogP) is 2.49. The summed E-state index contributed by atoms with van der Waals surface area (Å²) in [6.45, 7) is 4.28. The van der Waals surface area contributed by atoms with E-state index in [2.05, 4.69) is 18.3 Å². The Morgan fingerprint density at radius 1 is 1.45 bits per heavy atom. The second-order valence-corrected chi connectivity index (χ2v) is 5.08. The molecule has 0 aromatic heterocycles.